The molecule has 6 heteroatoms. The predicted molar refractivity (Wildman–Crippen MR) is 101 cm³/mol. The summed E-state index contributed by atoms with van der Waals surface area (Å²) in [7, 11) is 0.971. The van der Waals surface area contributed by atoms with Gasteiger partial charge in [-0.05, 0) is 64.3 Å². The summed E-state index contributed by atoms with van der Waals surface area (Å²) in [5.41, 5.74) is -0.639. The number of carbonyl (C=O) groups is 1. The van der Waals surface area contributed by atoms with Gasteiger partial charge in [-0.1, -0.05) is 25.8 Å². The Morgan fingerprint density at radius 1 is 1.23 bits per heavy atom. The molecule has 1 N–H and O–H groups in total. The molecule has 0 aromatic carbocycles. The first kappa shape index (κ1) is 21.0. The van der Waals surface area contributed by atoms with Crippen LogP contribution in [0.1, 0.15) is 60.8 Å². The Balaban J connectivity index is 0.00000117. The van der Waals surface area contributed by atoms with E-state index in [0.29, 0.717) is 18.8 Å². The Morgan fingerprint density at radius 3 is 2.31 bits per heavy atom. The molecule has 0 spiro atoms. The van der Waals surface area contributed by atoms with Gasteiger partial charge in [0.25, 0.3) is 0 Å². The standard InChI is InChI=1S/C18H25BO5.C2H6/c1-16(2)17(3,4)24-19(23-16)14-8-12-10-18(21,11-13(12)9-14)7-6-15(20)22-5;1-2/h8,12-13,21H,9-11H2,1-5H3;1-2H3/t12-,13+,18+;/m0./s1. The second-order valence-electron chi connectivity index (χ2n) is 8.14. The van der Waals surface area contributed by atoms with Gasteiger partial charge in [-0.15, -0.1) is 0 Å². The first-order chi connectivity index (χ1) is 12.1. The number of ether oxygens (including phenoxy) is 1. The zero-order valence-corrected chi connectivity index (χ0v) is 17.0. The molecule has 2 fully saturated rings. The summed E-state index contributed by atoms with van der Waals surface area (Å²) in [6, 6.07) is 0. The lowest BCUT2D eigenvalue weighted by molar-refractivity contribution is -0.133. The van der Waals surface area contributed by atoms with E-state index in [1.807, 2.05) is 41.5 Å². The third-order valence-electron chi connectivity index (χ3n) is 5.84. The monoisotopic (exact) mass is 362 g/mol. The van der Waals surface area contributed by atoms with Gasteiger partial charge in [0.15, 0.2) is 0 Å². The van der Waals surface area contributed by atoms with Crippen LogP contribution in [-0.4, -0.2) is 42.1 Å². The molecule has 3 rings (SSSR count). The average Bonchev–Trinajstić information content (AvgIpc) is 3.15. The summed E-state index contributed by atoms with van der Waals surface area (Å²) < 4.78 is 16.7. The van der Waals surface area contributed by atoms with Crippen molar-refractivity contribution >= 4 is 13.1 Å². The molecule has 0 aromatic rings. The van der Waals surface area contributed by atoms with Crippen molar-refractivity contribution in [2.24, 2.45) is 11.8 Å². The van der Waals surface area contributed by atoms with Crippen LogP contribution in [0.4, 0.5) is 0 Å². The number of fused-ring (bicyclic) bond motifs is 1. The number of hydrogen-bond donors (Lipinski definition) is 1. The van der Waals surface area contributed by atoms with Crippen LogP contribution in [0.25, 0.3) is 0 Å². The molecule has 0 aromatic heterocycles. The van der Waals surface area contributed by atoms with Gasteiger partial charge < -0.3 is 19.2 Å². The number of methoxy groups -OCH3 is 1. The van der Waals surface area contributed by atoms with Gasteiger partial charge in [0, 0.05) is 5.92 Å². The molecule has 1 saturated carbocycles. The molecule has 1 heterocycles. The Morgan fingerprint density at radius 2 is 1.81 bits per heavy atom. The minimum absolute atomic E-state index is 0.246. The summed E-state index contributed by atoms with van der Waals surface area (Å²) in [6.07, 6.45) is 4.10. The fraction of sp³-hybridized carbons (Fsp3) is 0.750. The molecule has 0 amide bonds. The number of allylic oxidation sites excluding steroid dienone is 2. The van der Waals surface area contributed by atoms with E-state index in [1.54, 1.807) is 0 Å². The molecular weight excluding hydrogens is 331 g/mol. The van der Waals surface area contributed by atoms with Crippen LogP contribution < -0.4 is 0 Å². The van der Waals surface area contributed by atoms with E-state index >= 15 is 0 Å². The minimum Gasteiger partial charge on any atom is -0.459 e. The summed E-state index contributed by atoms with van der Waals surface area (Å²) in [5.74, 6) is 4.99. The van der Waals surface area contributed by atoms with E-state index in [9.17, 15) is 9.90 Å². The maximum Gasteiger partial charge on any atom is 0.490 e. The maximum absolute atomic E-state index is 11.2. The van der Waals surface area contributed by atoms with Crippen LogP contribution in [0.3, 0.4) is 0 Å². The number of esters is 1. The number of aliphatic hydroxyl groups is 1. The molecule has 3 aliphatic rings. The number of carbonyl (C=O) groups excluding carboxylic acids is 1. The van der Waals surface area contributed by atoms with Crippen molar-refractivity contribution in [1.29, 1.82) is 0 Å². The van der Waals surface area contributed by atoms with E-state index in [0.717, 1.165) is 11.9 Å². The van der Waals surface area contributed by atoms with Crippen LogP contribution >= 0.6 is 0 Å². The van der Waals surface area contributed by atoms with Crippen LogP contribution in [0.15, 0.2) is 11.5 Å². The van der Waals surface area contributed by atoms with Gasteiger partial charge in [-0.3, -0.25) is 0 Å². The van der Waals surface area contributed by atoms with Crippen molar-refractivity contribution in [3.8, 4) is 11.8 Å². The first-order valence-electron chi connectivity index (χ1n) is 9.45. The molecule has 5 nitrogen and oxygen atoms in total. The van der Waals surface area contributed by atoms with Gasteiger partial charge in [-0.2, -0.15) is 0 Å². The third-order valence-corrected chi connectivity index (χ3v) is 5.84. The molecule has 0 bridgehead atoms. The quantitative estimate of drug-likeness (QED) is 0.336. The van der Waals surface area contributed by atoms with Gasteiger partial charge in [0.2, 0.25) is 0 Å². The van der Waals surface area contributed by atoms with Crippen molar-refractivity contribution in [3.05, 3.63) is 11.5 Å². The van der Waals surface area contributed by atoms with Crippen LogP contribution in [0.5, 0.6) is 0 Å². The van der Waals surface area contributed by atoms with Gasteiger partial charge in [0.05, 0.1) is 18.3 Å². The lowest BCUT2D eigenvalue weighted by Gasteiger charge is -2.32. The zero-order chi connectivity index (χ0) is 19.8. The Kier molecular flexibility index (Phi) is 5.97. The van der Waals surface area contributed by atoms with Crippen molar-refractivity contribution in [3.63, 3.8) is 0 Å². The second-order valence-corrected chi connectivity index (χ2v) is 8.14. The Bertz CT molecular complexity index is 626. The predicted octanol–water partition coefficient (Wildman–Crippen LogP) is 2.91. The van der Waals surface area contributed by atoms with Crippen molar-refractivity contribution in [1.82, 2.24) is 0 Å². The van der Waals surface area contributed by atoms with Crippen LogP contribution in [-0.2, 0) is 18.8 Å². The van der Waals surface area contributed by atoms with Gasteiger partial charge >= 0.3 is 13.1 Å². The molecule has 3 atom stereocenters. The highest BCUT2D eigenvalue weighted by molar-refractivity contribution is 6.54. The minimum atomic E-state index is -1.11. The smallest absolute Gasteiger partial charge is 0.459 e. The Hall–Kier alpha value is -1.29. The molecule has 2 aliphatic carbocycles. The molecule has 144 valence electrons. The highest BCUT2D eigenvalue weighted by Gasteiger charge is 2.55. The molecule has 1 aliphatic heterocycles. The normalized spacial score (nSPS) is 33.4. The van der Waals surface area contributed by atoms with Crippen LogP contribution in [0, 0.1) is 23.7 Å². The fourth-order valence-corrected chi connectivity index (χ4v) is 3.78. The number of hydrogen-bond acceptors (Lipinski definition) is 5. The molecule has 26 heavy (non-hydrogen) atoms. The van der Waals surface area contributed by atoms with E-state index < -0.39 is 11.6 Å². The Labute approximate surface area is 157 Å². The van der Waals surface area contributed by atoms with E-state index in [-0.39, 0.29) is 24.2 Å². The third kappa shape index (κ3) is 4.00. The summed E-state index contributed by atoms with van der Waals surface area (Å²) in [6.45, 7) is 12.2. The maximum atomic E-state index is 11.2. The molecule has 1 saturated heterocycles. The molecular formula is C20H31BO5. The van der Waals surface area contributed by atoms with Crippen LogP contribution in [0.2, 0.25) is 0 Å². The largest absolute Gasteiger partial charge is 0.490 e. The van der Waals surface area contributed by atoms with Gasteiger partial charge in [-0.25, -0.2) is 4.79 Å². The highest BCUT2D eigenvalue weighted by atomic mass is 16.7. The lowest BCUT2D eigenvalue weighted by atomic mass is 9.76. The van der Waals surface area contributed by atoms with E-state index in [4.69, 9.17) is 9.31 Å². The lowest BCUT2D eigenvalue weighted by Crippen LogP contribution is -2.41. The second kappa shape index (κ2) is 7.38. The van der Waals surface area contributed by atoms with Gasteiger partial charge in [0.1, 0.15) is 5.60 Å². The summed E-state index contributed by atoms with van der Waals surface area (Å²) >= 11 is 0. The average molecular weight is 362 g/mol. The summed E-state index contributed by atoms with van der Waals surface area (Å²) in [5, 5.41) is 10.6. The van der Waals surface area contributed by atoms with Crippen molar-refractivity contribution < 1.29 is 23.9 Å². The molecule has 0 unspecified atom stereocenters. The topological polar surface area (TPSA) is 65.0 Å². The van der Waals surface area contributed by atoms with E-state index in [1.165, 1.54) is 7.11 Å². The summed E-state index contributed by atoms with van der Waals surface area (Å²) in [4.78, 5) is 11.2. The zero-order valence-electron chi connectivity index (χ0n) is 17.0. The van der Waals surface area contributed by atoms with Crippen molar-refractivity contribution in [2.45, 2.75) is 77.6 Å². The first-order valence-corrected chi connectivity index (χ1v) is 9.45. The van der Waals surface area contributed by atoms with Crippen molar-refractivity contribution in [2.75, 3.05) is 7.11 Å². The van der Waals surface area contributed by atoms with E-state index in [2.05, 4.69) is 22.7 Å². The fourth-order valence-electron chi connectivity index (χ4n) is 3.78. The molecule has 0 radical (unpaired) electrons. The number of rotatable bonds is 1. The highest BCUT2D eigenvalue weighted by Crippen LogP contribution is 2.50. The SMILES string of the molecule is CC.COC(=O)C#C[C@]1(O)C[C@H]2CC(B3OC(C)(C)C(C)(C)O3)=C[C@H]2C1.